The monoisotopic (exact) mass is 582 g/mol. The molecule has 0 N–H and O–H groups in total. The Morgan fingerprint density at radius 3 is 1.53 bits per heavy atom. The van der Waals surface area contributed by atoms with E-state index in [1.807, 2.05) is 21.3 Å². The summed E-state index contributed by atoms with van der Waals surface area (Å²) in [6.07, 6.45) is 2.40. The standard InChI is InChI=1S/C24H28N4O2.2Y/c29-23-5-1-3-21-19-9-17(13-27(21)23)11-25(15-19)7-8-26-12-18-10-20(16-26)22-4-2-6-24(30)28(22)14-18;;/h3-6,17-20H,7-16H2;;/q-2;;/t17-,18-,19+,20+;;/m1../s1. The molecule has 4 bridgehead atoms. The number of hydrogen-bond acceptors (Lipinski definition) is 4. The maximum atomic E-state index is 12.2. The van der Waals surface area contributed by atoms with E-state index in [1.165, 1.54) is 24.2 Å². The molecular weight excluding hydrogens is 554 g/mol. The topological polar surface area (TPSA) is 50.5 Å². The van der Waals surface area contributed by atoms with Gasteiger partial charge in [-0.25, -0.2) is 0 Å². The molecular formula is C24H28N4O2Y2-2. The van der Waals surface area contributed by atoms with Crippen LogP contribution in [0.2, 0.25) is 0 Å². The summed E-state index contributed by atoms with van der Waals surface area (Å²) >= 11 is 0. The average Bonchev–Trinajstić information content (AvgIpc) is 2.74. The summed E-state index contributed by atoms with van der Waals surface area (Å²) in [6, 6.07) is 13.3. The number of piperidine rings is 2. The minimum atomic E-state index is 0. The molecule has 0 aliphatic carbocycles. The van der Waals surface area contributed by atoms with E-state index in [9.17, 15) is 9.59 Å². The quantitative estimate of drug-likeness (QED) is 0.510. The van der Waals surface area contributed by atoms with Crippen molar-refractivity contribution in [1.82, 2.24) is 18.9 Å². The predicted octanol–water partition coefficient (Wildman–Crippen LogP) is 1.14. The number of likely N-dealkylation sites (tertiary alicyclic amines) is 2. The van der Waals surface area contributed by atoms with Crippen molar-refractivity contribution in [3.8, 4) is 0 Å². The third-order valence-corrected chi connectivity index (χ3v) is 7.71. The molecule has 6 rings (SSSR count). The van der Waals surface area contributed by atoms with Gasteiger partial charge in [-0.15, -0.1) is 12.1 Å². The number of nitrogens with zero attached hydrogens (tertiary/aromatic N) is 4. The second-order valence-electron chi connectivity index (χ2n) is 9.77. The van der Waals surface area contributed by atoms with Crippen LogP contribution in [0.3, 0.4) is 0 Å². The van der Waals surface area contributed by atoms with Gasteiger partial charge < -0.3 is 28.5 Å². The molecule has 4 aliphatic rings. The van der Waals surface area contributed by atoms with Crippen LogP contribution in [0.1, 0.15) is 36.1 Å². The third kappa shape index (κ3) is 4.74. The van der Waals surface area contributed by atoms with Crippen LogP contribution in [0.5, 0.6) is 0 Å². The van der Waals surface area contributed by atoms with Crippen LogP contribution in [0, 0.1) is 24.0 Å². The van der Waals surface area contributed by atoms with Crippen LogP contribution in [0.15, 0.2) is 33.9 Å². The third-order valence-electron chi connectivity index (χ3n) is 7.71. The molecule has 4 atom stereocenters. The molecule has 2 aromatic heterocycles. The zero-order valence-electron chi connectivity index (χ0n) is 18.4. The smallest absolute Gasteiger partial charge is 0.136 e. The fourth-order valence-corrected chi connectivity index (χ4v) is 6.49. The van der Waals surface area contributed by atoms with Gasteiger partial charge in [0.1, 0.15) is 11.1 Å². The van der Waals surface area contributed by atoms with Crippen molar-refractivity contribution in [2.24, 2.45) is 11.8 Å². The number of hydrogen-bond donors (Lipinski definition) is 0. The number of aromatic nitrogens is 2. The summed E-state index contributed by atoms with van der Waals surface area (Å²) in [6.45, 7) is 8.15. The second kappa shape index (κ2) is 10.3. The molecule has 8 heteroatoms. The largest absolute Gasteiger partial charge is 0.418 e. The van der Waals surface area contributed by atoms with Crippen LogP contribution in [-0.2, 0) is 78.5 Å². The summed E-state index contributed by atoms with van der Waals surface area (Å²) in [5.41, 5.74) is 2.56. The zero-order valence-corrected chi connectivity index (χ0v) is 24.1. The molecule has 0 unspecified atom stereocenters. The van der Waals surface area contributed by atoms with Gasteiger partial charge in [0.25, 0.3) is 0 Å². The Labute approximate surface area is 239 Å². The van der Waals surface area contributed by atoms with E-state index in [1.54, 1.807) is 12.1 Å². The minimum Gasteiger partial charge on any atom is -0.418 e. The Hall–Kier alpha value is 0.0278. The SMILES string of the molecule is O=c1c[c-]cc2n1C[C@@H]1C[C@H]2CN(CCN2C[C@H]3C[C@@H](C2)c2c[c-]cc(=O)n2C3)C1.[Y].[Y]. The normalized spacial score (nSPS) is 28.6. The Bertz CT molecular complexity index is 999. The van der Waals surface area contributed by atoms with Gasteiger partial charge in [0.15, 0.2) is 0 Å². The molecule has 2 fully saturated rings. The molecule has 0 aromatic carbocycles. The van der Waals surface area contributed by atoms with Crippen LogP contribution < -0.4 is 11.1 Å². The van der Waals surface area contributed by atoms with E-state index in [0.717, 1.165) is 52.4 Å². The summed E-state index contributed by atoms with van der Waals surface area (Å²) in [5.74, 6) is 2.06. The fourth-order valence-electron chi connectivity index (χ4n) is 6.49. The number of fused-ring (bicyclic) bond motifs is 8. The van der Waals surface area contributed by atoms with Crippen LogP contribution in [0.4, 0.5) is 0 Å². The molecule has 0 saturated carbocycles. The van der Waals surface area contributed by atoms with Crippen molar-refractivity contribution >= 4 is 0 Å². The Kier molecular flexibility index (Phi) is 8.12. The average molecular weight is 582 g/mol. The van der Waals surface area contributed by atoms with Crippen molar-refractivity contribution < 1.29 is 65.4 Å². The van der Waals surface area contributed by atoms with E-state index in [4.69, 9.17) is 0 Å². The zero-order chi connectivity index (χ0) is 20.2. The maximum absolute atomic E-state index is 12.2. The summed E-state index contributed by atoms with van der Waals surface area (Å²) in [5, 5.41) is 0. The first-order chi connectivity index (χ1) is 14.6. The number of rotatable bonds is 3. The van der Waals surface area contributed by atoms with E-state index < -0.39 is 0 Å². The molecule has 0 spiro atoms. The molecule has 6 heterocycles. The van der Waals surface area contributed by atoms with Crippen LogP contribution in [0.25, 0.3) is 0 Å². The summed E-state index contributed by atoms with van der Waals surface area (Å²) in [4.78, 5) is 29.6. The molecule has 32 heavy (non-hydrogen) atoms. The van der Waals surface area contributed by atoms with Gasteiger partial charge in [0, 0.05) is 105 Å². The van der Waals surface area contributed by atoms with Crippen LogP contribution >= 0.6 is 0 Å². The molecule has 2 saturated heterocycles. The van der Waals surface area contributed by atoms with Crippen molar-refractivity contribution in [2.45, 2.75) is 37.8 Å². The van der Waals surface area contributed by atoms with Crippen LogP contribution in [-0.4, -0.2) is 58.2 Å². The summed E-state index contributed by atoms with van der Waals surface area (Å²) < 4.78 is 3.96. The van der Waals surface area contributed by atoms with E-state index in [0.29, 0.717) is 23.7 Å². The Morgan fingerprint density at radius 1 is 0.656 bits per heavy atom. The predicted molar refractivity (Wildman–Crippen MR) is 114 cm³/mol. The summed E-state index contributed by atoms with van der Waals surface area (Å²) in [7, 11) is 0. The molecule has 164 valence electrons. The Morgan fingerprint density at radius 2 is 1.09 bits per heavy atom. The van der Waals surface area contributed by atoms with Gasteiger partial charge in [-0.05, 0) is 49.6 Å². The van der Waals surface area contributed by atoms with Crippen molar-refractivity contribution in [2.75, 3.05) is 39.3 Å². The first-order valence-electron chi connectivity index (χ1n) is 11.3. The van der Waals surface area contributed by atoms with Gasteiger partial charge in [0.2, 0.25) is 0 Å². The molecule has 4 aliphatic heterocycles. The molecule has 2 radical (unpaired) electrons. The maximum Gasteiger partial charge on any atom is 0.136 e. The van der Waals surface area contributed by atoms with Gasteiger partial charge in [-0.1, -0.05) is 11.4 Å². The molecule has 2 aromatic rings. The minimum absolute atomic E-state index is 0. The first kappa shape index (κ1) is 25.1. The first-order valence-corrected chi connectivity index (χ1v) is 11.3. The van der Waals surface area contributed by atoms with E-state index >= 15 is 0 Å². The fraction of sp³-hybridized carbons (Fsp3) is 0.583. The van der Waals surface area contributed by atoms with Crippen molar-refractivity contribution in [3.05, 3.63) is 68.5 Å². The van der Waals surface area contributed by atoms with Gasteiger partial charge in [-0.2, -0.15) is 24.3 Å². The van der Waals surface area contributed by atoms with Gasteiger partial charge in [0.05, 0.1) is 0 Å². The van der Waals surface area contributed by atoms with Gasteiger partial charge in [-0.3, -0.25) is 0 Å². The second-order valence-corrected chi connectivity index (χ2v) is 9.77. The van der Waals surface area contributed by atoms with Crippen molar-refractivity contribution in [3.63, 3.8) is 0 Å². The van der Waals surface area contributed by atoms with Gasteiger partial charge >= 0.3 is 0 Å². The molecule has 6 nitrogen and oxygen atoms in total. The number of pyridine rings is 2. The Balaban J connectivity index is 0.00000122. The molecule has 0 amide bonds. The van der Waals surface area contributed by atoms with E-state index in [2.05, 4.69) is 21.9 Å². The van der Waals surface area contributed by atoms with Crippen molar-refractivity contribution in [1.29, 1.82) is 0 Å². The van der Waals surface area contributed by atoms with E-state index in [-0.39, 0.29) is 76.5 Å².